The van der Waals surface area contributed by atoms with Gasteiger partial charge in [0.1, 0.15) is 0 Å². The molecule has 1 aromatic heterocycles. The van der Waals surface area contributed by atoms with Crippen molar-refractivity contribution in [3.05, 3.63) is 94.4 Å². The Morgan fingerprint density at radius 3 is 2.15 bits per heavy atom. The molecule has 1 fully saturated rings. The van der Waals surface area contributed by atoms with Gasteiger partial charge in [-0.2, -0.15) is 5.26 Å². The number of rotatable bonds is 5. The van der Waals surface area contributed by atoms with Crippen molar-refractivity contribution >= 4 is 16.5 Å². The minimum absolute atomic E-state index is 0.0543. The molecule has 5 rings (SSSR count). The Morgan fingerprint density at radius 1 is 0.949 bits per heavy atom. The van der Waals surface area contributed by atoms with Gasteiger partial charge in [-0.15, -0.1) is 0 Å². The summed E-state index contributed by atoms with van der Waals surface area (Å²) in [6.45, 7) is 12.6. The summed E-state index contributed by atoms with van der Waals surface area (Å²) in [6, 6.07) is 24.3. The average molecular weight is 521 g/mol. The lowest BCUT2D eigenvalue weighted by Gasteiger charge is -2.47. The minimum Gasteiger partial charge on any atom is -0.389 e. The van der Waals surface area contributed by atoms with Gasteiger partial charge < -0.3 is 10.0 Å². The highest BCUT2D eigenvalue weighted by molar-refractivity contribution is 5.98. The van der Waals surface area contributed by atoms with E-state index in [9.17, 15) is 9.90 Å². The second-order valence-corrected chi connectivity index (χ2v) is 11.5. The number of β-amino-alcohol motifs (C(OH)–C–C–N with tert-alkyl or cyclic N) is 1. The molecule has 6 nitrogen and oxygen atoms in total. The number of aromatic nitrogens is 1. The number of hydrogen-bond acceptors (Lipinski definition) is 5. The van der Waals surface area contributed by atoms with Crippen LogP contribution in [0.5, 0.6) is 0 Å². The molecule has 1 aliphatic heterocycles. The van der Waals surface area contributed by atoms with Crippen LogP contribution >= 0.6 is 0 Å². The van der Waals surface area contributed by atoms with Gasteiger partial charge >= 0.3 is 0 Å². The Labute approximate surface area is 230 Å². The van der Waals surface area contributed by atoms with Crippen molar-refractivity contribution in [2.45, 2.75) is 52.3 Å². The summed E-state index contributed by atoms with van der Waals surface area (Å²) >= 11 is 0. The second kappa shape index (κ2) is 10.3. The maximum Gasteiger partial charge on any atom is 0.262 e. The summed E-state index contributed by atoms with van der Waals surface area (Å²) in [6.07, 6.45) is 1.92. The fourth-order valence-corrected chi connectivity index (χ4v) is 5.91. The second-order valence-electron chi connectivity index (χ2n) is 11.5. The number of nitriles is 1. The van der Waals surface area contributed by atoms with Gasteiger partial charge in [-0.25, -0.2) is 0 Å². The zero-order chi connectivity index (χ0) is 27.9. The zero-order valence-electron chi connectivity index (χ0n) is 23.3. The summed E-state index contributed by atoms with van der Waals surface area (Å²) in [4.78, 5) is 18.4. The van der Waals surface area contributed by atoms with Gasteiger partial charge in [0.2, 0.25) is 0 Å². The van der Waals surface area contributed by atoms with Gasteiger partial charge in [0, 0.05) is 54.7 Å². The average Bonchev–Trinajstić information content (AvgIpc) is 2.92. The molecule has 2 heterocycles. The van der Waals surface area contributed by atoms with E-state index in [-0.39, 0.29) is 5.56 Å². The molecule has 0 amide bonds. The Balaban J connectivity index is 1.44. The molecular weight excluding hydrogens is 484 g/mol. The number of nitrogens with zero attached hydrogens (tertiary/aromatic N) is 4. The largest absolute Gasteiger partial charge is 0.389 e. The molecule has 0 spiro atoms. The van der Waals surface area contributed by atoms with Gasteiger partial charge in [0.05, 0.1) is 17.2 Å². The monoisotopic (exact) mass is 520 g/mol. The minimum atomic E-state index is -0.722. The number of pyridine rings is 1. The fraction of sp³-hybridized carbons (Fsp3) is 0.333. The van der Waals surface area contributed by atoms with Crippen LogP contribution < -0.4 is 10.5 Å². The smallest absolute Gasteiger partial charge is 0.262 e. The maximum absolute atomic E-state index is 13.7. The van der Waals surface area contributed by atoms with Crippen molar-refractivity contribution in [1.29, 1.82) is 5.26 Å². The number of piperazine rings is 1. The van der Waals surface area contributed by atoms with Crippen molar-refractivity contribution in [3.63, 3.8) is 0 Å². The molecule has 3 aromatic carbocycles. The van der Waals surface area contributed by atoms with Crippen LogP contribution in [-0.4, -0.2) is 51.9 Å². The maximum atomic E-state index is 13.7. The van der Waals surface area contributed by atoms with Gasteiger partial charge in [-0.05, 0) is 99.2 Å². The number of benzene rings is 3. The molecule has 0 saturated carbocycles. The molecule has 2 unspecified atom stereocenters. The molecule has 0 radical (unpaired) electrons. The molecule has 1 saturated heterocycles. The summed E-state index contributed by atoms with van der Waals surface area (Å²) in [5.41, 5.74) is 4.78. The highest BCUT2D eigenvalue weighted by atomic mass is 16.3. The molecule has 1 aliphatic rings. The van der Waals surface area contributed by atoms with Gasteiger partial charge in [-0.3, -0.25) is 14.3 Å². The topological polar surface area (TPSA) is 72.5 Å². The van der Waals surface area contributed by atoms with Crippen molar-refractivity contribution in [2.75, 3.05) is 24.5 Å². The molecule has 1 N–H and O–H groups in total. The van der Waals surface area contributed by atoms with Gasteiger partial charge in [-0.1, -0.05) is 24.3 Å². The fourth-order valence-electron chi connectivity index (χ4n) is 5.91. The normalized spacial score (nSPS) is 18.3. The lowest BCUT2D eigenvalue weighted by Crippen LogP contribution is -2.59. The molecule has 39 heavy (non-hydrogen) atoms. The number of hydrogen-bond donors (Lipinski definition) is 1. The van der Waals surface area contributed by atoms with Crippen LogP contribution in [0.3, 0.4) is 0 Å². The quantitative estimate of drug-likeness (QED) is 0.376. The van der Waals surface area contributed by atoms with E-state index in [1.807, 2.05) is 69.4 Å². The predicted octanol–water partition coefficient (Wildman–Crippen LogP) is 5.51. The Kier molecular flexibility index (Phi) is 7.07. The van der Waals surface area contributed by atoms with E-state index in [0.717, 1.165) is 46.5 Å². The van der Waals surface area contributed by atoms with E-state index in [1.165, 1.54) is 0 Å². The van der Waals surface area contributed by atoms with E-state index < -0.39 is 5.60 Å². The van der Waals surface area contributed by atoms with Crippen LogP contribution in [0.1, 0.15) is 38.8 Å². The van der Waals surface area contributed by atoms with Gasteiger partial charge in [0.25, 0.3) is 5.56 Å². The van der Waals surface area contributed by atoms with Crippen LogP contribution in [0.2, 0.25) is 0 Å². The number of fused-ring (bicyclic) bond motifs is 1. The van der Waals surface area contributed by atoms with Crippen LogP contribution in [0.4, 0.5) is 5.69 Å². The van der Waals surface area contributed by atoms with E-state index in [2.05, 4.69) is 41.8 Å². The number of aryl methyl sites for hydroxylation is 1. The van der Waals surface area contributed by atoms with Crippen molar-refractivity contribution < 1.29 is 5.11 Å². The molecule has 2 atom stereocenters. The molecule has 0 aliphatic carbocycles. The molecule has 4 aromatic rings. The third kappa shape index (κ3) is 5.34. The first kappa shape index (κ1) is 26.7. The lowest BCUT2D eigenvalue weighted by molar-refractivity contribution is 0.00248. The Bertz CT molecular complexity index is 1580. The highest BCUT2D eigenvalue weighted by Crippen LogP contribution is 2.31. The first-order valence-corrected chi connectivity index (χ1v) is 13.5. The number of aliphatic hydroxyl groups is 1. The summed E-state index contributed by atoms with van der Waals surface area (Å²) in [5.74, 6) is 0. The molecule has 6 heteroatoms. The van der Waals surface area contributed by atoms with Crippen molar-refractivity contribution in [1.82, 2.24) is 9.47 Å². The van der Waals surface area contributed by atoms with E-state index in [0.29, 0.717) is 29.6 Å². The van der Waals surface area contributed by atoms with Crippen LogP contribution in [0.15, 0.2) is 77.7 Å². The van der Waals surface area contributed by atoms with Crippen LogP contribution in [0.25, 0.3) is 27.6 Å². The molecule has 0 bridgehead atoms. The Morgan fingerprint density at radius 2 is 1.56 bits per heavy atom. The van der Waals surface area contributed by atoms with Crippen LogP contribution in [0, 0.1) is 18.3 Å². The first-order chi connectivity index (χ1) is 18.6. The van der Waals surface area contributed by atoms with E-state index >= 15 is 0 Å². The number of anilines is 1. The molecular formula is C33H36N4O2. The summed E-state index contributed by atoms with van der Waals surface area (Å²) < 4.78 is 1.73. The zero-order valence-corrected chi connectivity index (χ0v) is 23.3. The van der Waals surface area contributed by atoms with Gasteiger partial charge in [0.15, 0.2) is 0 Å². The standard InChI is InChI=1S/C33H36N4O2/c1-22-18-36(32(38)30-8-6-7-29(31(22)30)26-11-9-25(17-34)10-12-26)28-15-13-27(14-16-28)35-19-23(2)37(24(3)20-35)21-33(4,5)39/h6-16,18,23-24,39H,19-21H2,1-5H3. The van der Waals surface area contributed by atoms with Crippen molar-refractivity contribution in [2.24, 2.45) is 0 Å². The highest BCUT2D eigenvalue weighted by Gasteiger charge is 2.32. The third-order valence-corrected chi connectivity index (χ3v) is 7.72. The van der Waals surface area contributed by atoms with Crippen molar-refractivity contribution in [3.8, 4) is 22.9 Å². The first-order valence-electron chi connectivity index (χ1n) is 13.5. The van der Waals surface area contributed by atoms with E-state index in [1.54, 1.807) is 16.7 Å². The van der Waals surface area contributed by atoms with Crippen LogP contribution in [-0.2, 0) is 0 Å². The Hall–Kier alpha value is -3.92. The van der Waals surface area contributed by atoms with E-state index in [4.69, 9.17) is 5.26 Å². The SMILES string of the molecule is Cc1cn(-c2ccc(N3CC(C)N(CC(C)(C)O)C(C)C3)cc2)c(=O)c2cccc(-c3ccc(C#N)cc3)c12. The third-order valence-electron chi connectivity index (χ3n) is 7.72. The summed E-state index contributed by atoms with van der Waals surface area (Å²) in [5, 5.41) is 21.1. The summed E-state index contributed by atoms with van der Waals surface area (Å²) in [7, 11) is 0. The molecule has 200 valence electrons. The lowest BCUT2D eigenvalue weighted by atomic mass is 9.96. The predicted molar refractivity (Wildman–Crippen MR) is 159 cm³/mol.